The fraction of sp³-hybridized carbons (Fsp3) is 0.250. The molecule has 0 spiro atoms. The molecule has 3 N–H and O–H groups in total. The summed E-state index contributed by atoms with van der Waals surface area (Å²) < 4.78 is 2.05. The number of nitrogens with zero attached hydrogens (tertiary/aromatic N) is 5. The van der Waals surface area contributed by atoms with Crippen LogP contribution in [0.5, 0.6) is 0 Å². The molecule has 7 heteroatoms. The Morgan fingerprint density at radius 3 is 2.51 bits per heavy atom. The highest BCUT2D eigenvalue weighted by molar-refractivity contribution is 5.91. The molecule has 0 radical (unpaired) electrons. The Morgan fingerprint density at radius 1 is 0.943 bits per heavy atom. The molecule has 2 fully saturated rings. The van der Waals surface area contributed by atoms with Gasteiger partial charge < -0.3 is 10.8 Å². The number of hydrogen-bond acceptors (Lipinski definition) is 6. The molecular formula is C28H26N6O. The van der Waals surface area contributed by atoms with Crippen LogP contribution < -0.4 is 5.73 Å². The van der Waals surface area contributed by atoms with Gasteiger partial charge in [-0.25, -0.2) is 15.0 Å². The van der Waals surface area contributed by atoms with E-state index in [0.717, 1.165) is 64.3 Å². The Balaban J connectivity index is 1.31. The van der Waals surface area contributed by atoms with Crippen LogP contribution in [-0.4, -0.2) is 48.2 Å². The van der Waals surface area contributed by atoms with Crippen molar-refractivity contribution in [3.63, 3.8) is 0 Å². The summed E-state index contributed by atoms with van der Waals surface area (Å²) in [4.78, 5) is 16.5. The van der Waals surface area contributed by atoms with Crippen molar-refractivity contribution in [2.75, 3.05) is 18.8 Å². The lowest BCUT2D eigenvalue weighted by Crippen LogP contribution is -2.61. The number of nitrogens with two attached hydrogens (primary N) is 1. The first-order valence-electron chi connectivity index (χ1n) is 12.2. The predicted octanol–water partition coefficient (Wildman–Crippen LogP) is 4.47. The normalized spacial score (nSPS) is 22.3. The second-order valence-corrected chi connectivity index (χ2v) is 9.75. The average molecular weight is 463 g/mol. The zero-order chi connectivity index (χ0) is 23.6. The van der Waals surface area contributed by atoms with Crippen LogP contribution in [0, 0.1) is 0 Å². The monoisotopic (exact) mass is 462 g/mol. The van der Waals surface area contributed by atoms with E-state index in [2.05, 4.69) is 56.7 Å². The molecule has 1 saturated heterocycles. The van der Waals surface area contributed by atoms with Gasteiger partial charge in [-0.15, -0.1) is 0 Å². The molecule has 1 aliphatic heterocycles. The van der Waals surface area contributed by atoms with E-state index in [-0.39, 0.29) is 5.92 Å². The second-order valence-electron chi connectivity index (χ2n) is 9.75. The zero-order valence-electron chi connectivity index (χ0n) is 19.3. The van der Waals surface area contributed by atoms with Crippen molar-refractivity contribution in [2.24, 2.45) is 0 Å². The summed E-state index contributed by atoms with van der Waals surface area (Å²) in [7, 11) is 0. The zero-order valence-corrected chi connectivity index (χ0v) is 19.3. The molecule has 7 nitrogen and oxygen atoms in total. The molecule has 0 bridgehead atoms. The van der Waals surface area contributed by atoms with Gasteiger partial charge in [-0.2, -0.15) is 0 Å². The third-order valence-corrected chi connectivity index (χ3v) is 7.60. The van der Waals surface area contributed by atoms with Gasteiger partial charge in [-0.05, 0) is 31.4 Å². The van der Waals surface area contributed by atoms with Crippen molar-refractivity contribution in [1.29, 1.82) is 0 Å². The Kier molecular flexibility index (Phi) is 4.46. The van der Waals surface area contributed by atoms with Gasteiger partial charge in [0, 0.05) is 47.9 Å². The quantitative estimate of drug-likeness (QED) is 0.410. The number of hydrogen-bond donors (Lipinski definition) is 2. The molecular weight excluding hydrogens is 436 g/mol. The van der Waals surface area contributed by atoms with Crippen LogP contribution in [0.15, 0.2) is 73.1 Å². The predicted molar refractivity (Wildman–Crippen MR) is 137 cm³/mol. The van der Waals surface area contributed by atoms with E-state index in [1.807, 2.05) is 24.4 Å². The Hall–Kier alpha value is -3.81. The standard InChI is InChI=1S/C28H26N6O/c29-26-25-24(20-8-7-19-9-10-22(31-23(19)15-20)18-5-2-1-3-6-18)32-27(34(25)14-11-30-26)21-16-28(35,17-21)33-12-4-13-33/h1-3,5-11,14-15,21,35H,4,12-13,16-17H2,(H2,29,30)/t21-,28-. The maximum atomic E-state index is 11.0. The second kappa shape index (κ2) is 7.60. The van der Waals surface area contributed by atoms with Crippen LogP contribution in [0.25, 0.3) is 38.9 Å². The van der Waals surface area contributed by atoms with E-state index in [1.165, 1.54) is 0 Å². The van der Waals surface area contributed by atoms with Gasteiger partial charge in [-0.3, -0.25) is 9.30 Å². The molecule has 4 heterocycles. The van der Waals surface area contributed by atoms with E-state index in [4.69, 9.17) is 15.7 Å². The van der Waals surface area contributed by atoms with Crippen LogP contribution in [0.3, 0.4) is 0 Å². The highest BCUT2D eigenvalue weighted by Crippen LogP contribution is 2.48. The highest BCUT2D eigenvalue weighted by Gasteiger charge is 2.50. The maximum Gasteiger partial charge on any atom is 0.150 e. The summed E-state index contributed by atoms with van der Waals surface area (Å²) in [5.41, 5.74) is 11.2. The Labute approximate surface area is 202 Å². The molecule has 35 heavy (non-hydrogen) atoms. The molecule has 7 rings (SSSR count). The number of benzene rings is 2. The minimum Gasteiger partial charge on any atom is -0.382 e. The van der Waals surface area contributed by atoms with Crippen molar-refractivity contribution < 1.29 is 5.11 Å². The van der Waals surface area contributed by atoms with Crippen LogP contribution in [0.4, 0.5) is 5.82 Å². The van der Waals surface area contributed by atoms with Crippen molar-refractivity contribution in [3.05, 3.63) is 78.9 Å². The summed E-state index contributed by atoms with van der Waals surface area (Å²) in [6, 6.07) is 20.6. The fourth-order valence-electron chi connectivity index (χ4n) is 5.51. The number of rotatable bonds is 4. The number of fused-ring (bicyclic) bond motifs is 2. The maximum absolute atomic E-state index is 11.0. The summed E-state index contributed by atoms with van der Waals surface area (Å²) in [5.74, 6) is 1.55. The fourth-order valence-corrected chi connectivity index (χ4v) is 5.51. The van der Waals surface area contributed by atoms with Gasteiger partial charge in [0.2, 0.25) is 0 Å². The number of nitrogen functional groups attached to an aromatic ring is 1. The summed E-state index contributed by atoms with van der Waals surface area (Å²) >= 11 is 0. The van der Waals surface area contributed by atoms with Crippen molar-refractivity contribution in [2.45, 2.75) is 30.9 Å². The molecule has 174 valence electrons. The first-order chi connectivity index (χ1) is 17.1. The lowest BCUT2D eigenvalue weighted by molar-refractivity contribution is -0.195. The SMILES string of the molecule is Nc1nccn2c1c(-c1ccc3ccc(-c4ccccc4)nc3c1)nc2[C@H]1C[C@@](O)(N2CCC2)C1. The minimum atomic E-state index is -0.700. The molecule has 2 aromatic carbocycles. The molecule has 0 unspecified atom stereocenters. The molecule has 1 aliphatic carbocycles. The van der Waals surface area contributed by atoms with Crippen LogP contribution in [0.2, 0.25) is 0 Å². The molecule has 2 aliphatic rings. The first kappa shape index (κ1) is 20.6. The molecule has 1 saturated carbocycles. The summed E-state index contributed by atoms with van der Waals surface area (Å²) in [6.45, 7) is 1.95. The van der Waals surface area contributed by atoms with E-state index in [0.29, 0.717) is 18.7 Å². The van der Waals surface area contributed by atoms with Gasteiger partial charge in [0.05, 0.1) is 11.2 Å². The van der Waals surface area contributed by atoms with Gasteiger partial charge in [0.1, 0.15) is 28.6 Å². The van der Waals surface area contributed by atoms with Crippen molar-refractivity contribution in [1.82, 2.24) is 24.3 Å². The van der Waals surface area contributed by atoms with E-state index < -0.39 is 5.72 Å². The third kappa shape index (κ3) is 3.23. The number of imidazole rings is 1. The Morgan fingerprint density at radius 2 is 1.74 bits per heavy atom. The number of anilines is 1. The Bertz CT molecular complexity index is 1570. The van der Waals surface area contributed by atoms with E-state index in [1.54, 1.807) is 6.20 Å². The number of aromatic nitrogens is 4. The smallest absolute Gasteiger partial charge is 0.150 e. The largest absolute Gasteiger partial charge is 0.382 e. The summed E-state index contributed by atoms with van der Waals surface area (Å²) in [6.07, 6.45) is 6.17. The lowest BCUT2D eigenvalue weighted by Gasteiger charge is -2.53. The highest BCUT2D eigenvalue weighted by atomic mass is 16.3. The van der Waals surface area contributed by atoms with E-state index >= 15 is 0 Å². The van der Waals surface area contributed by atoms with Crippen LogP contribution >= 0.6 is 0 Å². The van der Waals surface area contributed by atoms with Gasteiger partial charge >= 0.3 is 0 Å². The van der Waals surface area contributed by atoms with Crippen molar-refractivity contribution in [3.8, 4) is 22.5 Å². The molecule has 5 aromatic rings. The molecule has 0 amide bonds. The minimum absolute atomic E-state index is 0.173. The summed E-state index contributed by atoms with van der Waals surface area (Å²) in [5, 5.41) is 12.1. The molecule has 0 atom stereocenters. The number of likely N-dealkylation sites (tertiary alicyclic amines) is 1. The molecule has 3 aromatic heterocycles. The lowest BCUT2D eigenvalue weighted by atomic mass is 9.74. The van der Waals surface area contributed by atoms with Crippen LogP contribution in [0.1, 0.15) is 31.0 Å². The van der Waals surface area contributed by atoms with E-state index in [9.17, 15) is 5.11 Å². The topological polar surface area (TPSA) is 92.6 Å². The third-order valence-electron chi connectivity index (χ3n) is 7.60. The van der Waals surface area contributed by atoms with Gasteiger partial charge in [-0.1, -0.05) is 48.5 Å². The first-order valence-corrected chi connectivity index (χ1v) is 12.2. The van der Waals surface area contributed by atoms with Crippen molar-refractivity contribution >= 4 is 22.2 Å². The van der Waals surface area contributed by atoms with Crippen LogP contribution in [-0.2, 0) is 0 Å². The number of aliphatic hydroxyl groups is 1. The van der Waals surface area contributed by atoms with Gasteiger partial charge in [0.15, 0.2) is 0 Å². The number of pyridine rings is 1. The van der Waals surface area contributed by atoms with Gasteiger partial charge in [0.25, 0.3) is 0 Å². The average Bonchev–Trinajstić information content (AvgIpc) is 3.22.